The zero-order valence-corrected chi connectivity index (χ0v) is 23.1. The molecule has 2 aromatic rings. The smallest absolute Gasteiger partial charge is 0.254 e. The number of ether oxygens (including phenoxy) is 4. The highest BCUT2D eigenvalue weighted by molar-refractivity contribution is 5.82. The molecule has 0 bridgehead atoms. The van der Waals surface area contributed by atoms with Crippen LogP contribution in [0.25, 0.3) is 0 Å². The third kappa shape index (κ3) is 5.07. The molecular formula is C29H39N3O6. The lowest BCUT2D eigenvalue weighted by Gasteiger charge is -2.40. The van der Waals surface area contributed by atoms with Crippen LogP contribution >= 0.6 is 0 Å². The van der Waals surface area contributed by atoms with E-state index in [1.165, 1.54) is 0 Å². The minimum absolute atomic E-state index is 0.00846. The van der Waals surface area contributed by atoms with Gasteiger partial charge in [-0.05, 0) is 57.5 Å². The number of methoxy groups -OCH3 is 1. The molecule has 1 amide bonds. The van der Waals surface area contributed by atoms with Gasteiger partial charge in [0, 0.05) is 30.1 Å². The molecule has 0 unspecified atom stereocenters. The summed E-state index contributed by atoms with van der Waals surface area (Å²) >= 11 is 0. The highest BCUT2D eigenvalue weighted by atomic mass is 16.7. The molecule has 1 N–H and O–H groups in total. The van der Waals surface area contributed by atoms with Crippen LogP contribution < -0.4 is 14.4 Å². The van der Waals surface area contributed by atoms with Crippen LogP contribution in [0.15, 0.2) is 36.4 Å². The van der Waals surface area contributed by atoms with Gasteiger partial charge in [0.05, 0.1) is 32.9 Å². The second kappa shape index (κ2) is 10.0. The Morgan fingerprint density at radius 2 is 1.92 bits per heavy atom. The maximum absolute atomic E-state index is 13.3. The second-order valence-corrected chi connectivity index (χ2v) is 11.5. The first kappa shape index (κ1) is 26.7. The summed E-state index contributed by atoms with van der Waals surface area (Å²) in [5.41, 5.74) is 1.45. The number of anilines is 1. The van der Waals surface area contributed by atoms with Crippen LogP contribution in [-0.2, 0) is 14.3 Å². The fourth-order valence-electron chi connectivity index (χ4n) is 5.69. The number of carbonyl (C=O) groups is 1. The average Bonchev–Trinajstić information content (AvgIpc) is 3.40. The van der Waals surface area contributed by atoms with Gasteiger partial charge in [0.15, 0.2) is 23.4 Å². The number of benzene rings is 1. The summed E-state index contributed by atoms with van der Waals surface area (Å²) in [5, 5.41) is 10.8. The van der Waals surface area contributed by atoms with Crippen LogP contribution in [0.2, 0.25) is 0 Å². The summed E-state index contributed by atoms with van der Waals surface area (Å²) in [6.45, 7) is 12.0. The predicted molar refractivity (Wildman–Crippen MR) is 143 cm³/mol. The van der Waals surface area contributed by atoms with Gasteiger partial charge >= 0.3 is 0 Å². The largest absolute Gasteiger partial charge is 0.493 e. The fourth-order valence-corrected chi connectivity index (χ4v) is 5.69. The van der Waals surface area contributed by atoms with Gasteiger partial charge in [-0.2, -0.15) is 0 Å². The van der Waals surface area contributed by atoms with Crippen molar-refractivity contribution < 1.29 is 28.8 Å². The number of aryl methyl sites for hydroxylation is 1. The van der Waals surface area contributed by atoms with E-state index < -0.39 is 23.4 Å². The quantitative estimate of drug-likeness (QED) is 0.590. The van der Waals surface area contributed by atoms with Crippen LogP contribution in [0.3, 0.4) is 0 Å². The highest BCUT2D eigenvalue weighted by Crippen LogP contribution is 2.47. The van der Waals surface area contributed by atoms with E-state index >= 15 is 0 Å². The number of aliphatic hydroxyl groups excluding tert-OH is 1. The maximum Gasteiger partial charge on any atom is 0.254 e. The van der Waals surface area contributed by atoms with Gasteiger partial charge in [-0.3, -0.25) is 4.79 Å². The molecule has 5 rings (SSSR count). The Hall–Kier alpha value is -2.88. The molecule has 3 saturated heterocycles. The monoisotopic (exact) mass is 525 g/mol. The van der Waals surface area contributed by atoms with Crippen molar-refractivity contribution in [3.05, 3.63) is 47.7 Å². The standard InChI is InChI=1S/C29H39N3O6/c1-18-8-7-9-26(30-18)31-13-21(14-31)37-24-12-20(10-11-23(24)35-6)22-15-32(17-29(22,5)19(2)33)27(34)25-16-36-28(3,4)38-25/h7-12,19,21-22,25,33H,13-17H2,1-6H3/t19-,22+,25+,29+/m1/s1. The summed E-state index contributed by atoms with van der Waals surface area (Å²) in [4.78, 5) is 21.9. The minimum Gasteiger partial charge on any atom is -0.493 e. The molecule has 3 aliphatic heterocycles. The number of hydrogen-bond donors (Lipinski definition) is 1. The molecule has 9 nitrogen and oxygen atoms in total. The Morgan fingerprint density at radius 3 is 2.55 bits per heavy atom. The first-order chi connectivity index (χ1) is 18.0. The number of amides is 1. The molecule has 3 aliphatic rings. The van der Waals surface area contributed by atoms with Crippen molar-refractivity contribution in [2.24, 2.45) is 5.41 Å². The van der Waals surface area contributed by atoms with Crippen LogP contribution in [0, 0.1) is 12.3 Å². The zero-order valence-electron chi connectivity index (χ0n) is 23.1. The number of rotatable bonds is 7. The number of aromatic nitrogens is 1. The van der Waals surface area contributed by atoms with Crippen molar-refractivity contribution in [1.29, 1.82) is 0 Å². The number of aliphatic hydroxyl groups is 1. The van der Waals surface area contributed by atoms with Crippen LogP contribution in [0.4, 0.5) is 5.82 Å². The van der Waals surface area contributed by atoms with Crippen LogP contribution in [-0.4, -0.2) is 84.9 Å². The Kier molecular flexibility index (Phi) is 7.04. The molecule has 3 fully saturated rings. The fraction of sp³-hybridized carbons (Fsp3) is 0.586. The molecule has 4 atom stereocenters. The molecule has 0 radical (unpaired) electrons. The first-order valence-electron chi connectivity index (χ1n) is 13.3. The van der Waals surface area contributed by atoms with E-state index in [-0.39, 0.29) is 24.5 Å². The lowest BCUT2D eigenvalue weighted by Crippen LogP contribution is -2.54. The van der Waals surface area contributed by atoms with Gasteiger partial charge in [0.25, 0.3) is 5.91 Å². The van der Waals surface area contributed by atoms with Gasteiger partial charge < -0.3 is 33.9 Å². The first-order valence-corrected chi connectivity index (χ1v) is 13.3. The van der Waals surface area contributed by atoms with Gasteiger partial charge in [-0.1, -0.05) is 19.1 Å². The third-order valence-electron chi connectivity index (χ3n) is 8.21. The van der Waals surface area contributed by atoms with Crippen molar-refractivity contribution in [3.8, 4) is 11.5 Å². The van der Waals surface area contributed by atoms with Gasteiger partial charge in [0.2, 0.25) is 0 Å². The molecule has 206 valence electrons. The van der Waals surface area contributed by atoms with Crippen LogP contribution in [0.1, 0.15) is 44.9 Å². The van der Waals surface area contributed by atoms with E-state index in [1.807, 2.05) is 64.1 Å². The molecule has 1 aromatic carbocycles. The summed E-state index contributed by atoms with van der Waals surface area (Å²) in [6, 6.07) is 11.9. The van der Waals surface area contributed by atoms with E-state index in [0.717, 1.165) is 30.2 Å². The predicted octanol–water partition coefficient (Wildman–Crippen LogP) is 3.13. The lowest BCUT2D eigenvalue weighted by atomic mass is 9.72. The number of nitrogens with zero attached hydrogens (tertiary/aromatic N) is 3. The van der Waals surface area contributed by atoms with E-state index in [2.05, 4.69) is 9.88 Å². The number of hydrogen-bond acceptors (Lipinski definition) is 8. The van der Waals surface area contributed by atoms with E-state index in [4.69, 9.17) is 18.9 Å². The topological polar surface area (TPSA) is 93.6 Å². The number of likely N-dealkylation sites (tertiary alicyclic amines) is 1. The molecule has 1 aromatic heterocycles. The summed E-state index contributed by atoms with van der Waals surface area (Å²) in [5.74, 6) is 1.30. The molecule has 0 spiro atoms. The summed E-state index contributed by atoms with van der Waals surface area (Å²) in [6.07, 6.45) is -1.26. The lowest BCUT2D eigenvalue weighted by molar-refractivity contribution is -0.159. The van der Waals surface area contributed by atoms with Crippen LogP contribution in [0.5, 0.6) is 11.5 Å². The van der Waals surface area contributed by atoms with E-state index in [9.17, 15) is 9.90 Å². The maximum atomic E-state index is 13.3. The molecule has 0 aliphatic carbocycles. The molecule has 0 saturated carbocycles. The van der Waals surface area contributed by atoms with Gasteiger partial charge in [0.1, 0.15) is 11.9 Å². The molecule has 4 heterocycles. The third-order valence-corrected chi connectivity index (χ3v) is 8.21. The van der Waals surface area contributed by atoms with E-state index in [0.29, 0.717) is 24.6 Å². The van der Waals surface area contributed by atoms with Crippen molar-refractivity contribution in [3.63, 3.8) is 0 Å². The van der Waals surface area contributed by atoms with E-state index in [1.54, 1.807) is 18.9 Å². The summed E-state index contributed by atoms with van der Waals surface area (Å²) < 4.78 is 23.5. The normalized spacial score (nSPS) is 27.8. The Morgan fingerprint density at radius 1 is 1.16 bits per heavy atom. The Labute approximate surface area is 224 Å². The Balaban J connectivity index is 1.33. The van der Waals surface area contributed by atoms with Crippen molar-refractivity contribution in [2.45, 2.75) is 64.6 Å². The molecular weight excluding hydrogens is 486 g/mol. The second-order valence-electron chi connectivity index (χ2n) is 11.5. The molecule has 38 heavy (non-hydrogen) atoms. The Bertz CT molecular complexity index is 1180. The highest BCUT2D eigenvalue weighted by Gasteiger charge is 2.50. The zero-order chi connectivity index (χ0) is 27.2. The molecule has 9 heteroatoms. The number of pyridine rings is 1. The number of carbonyl (C=O) groups excluding carboxylic acids is 1. The summed E-state index contributed by atoms with van der Waals surface area (Å²) in [7, 11) is 1.63. The SMILES string of the molecule is COc1ccc([C@@H]2CN(C(=O)[C@@H]3COC(C)(C)O3)C[C@@]2(C)[C@@H](C)O)cc1OC1CN(c2cccc(C)n2)C1. The average molecular weight is 526 g/mol. The van der Waals surface area contributed by atoms with Crippen molar-refractivity contribution in [1.82, 2.24) is 9.88 Å². The van der Waals surface area contributed by atoms with Gasteiger partial charge in [-0.25, -0.2) is 4.98 Å². The van der Waals surface area contributed by atoms with Crippen molar-refractivity contribution >= 4 is 11.7 Å². The van der Waals surface area contributed by atoms with Crippen molar-refractivity contribution in [2.75, 3.05) is 44.8 Å². The van der Waals surface area contributed by atoms with Gasteiger partial charge in [-0.15, -0.1) is 0 Å². The minimum atomic E-state index is -0.776.